The molecular weight excluding hydrogens is 403 g/mol. The Kier molecular flexibility index (Phi) is 8.07. The highest BCUT2D eigenvalue weighted by molar-refractivity contribution is 14.1. The molecule has 2 aromatic rings. The highest BCUT2D eigenvalue weighted by Crippen LogP contribution is 2.17. The second-order valence-electron chi connectivity index (χ2n) is 5.24. The van der Waals surface area contributed by atoms with Crippen LogP contribution < -0.4 is 14.2 Å². The molecule has 0 fully saturated rings. The number of benzene rings is 2. The van der Waals surface area contributed by atoms with E-state index in [2.05, 4.69) is 34.7 Å². The van der Waals surface area contributed by atoms with Gasteiger partial charge in [-0.3, -0.25) is 0 Å². The van der Waals surface area contributed by atoms with Crippen molar-refractivity contribution in [3.63, 3.8) is 0 Å². The number of rotatable bonds is 10. The van der Waals surface area contributed by atoms with E-state index in [1.807, 2.05) is 36.4 Å². The van der Waals surface area contributed by atoms with Crippen LogP contribution in [0.25, 0.3) is 0 Å². The largest absolute Gasteiger partial charge is 0.497 e. The van der Waals surface area contributed by atoms with Crippen LogP contribution in [0.3, 0.4) is 0 Å². The Hall–Kier alpha value is -1.43. The van der Waals surface area contributed by atoms with Crippen LogP contribution >= 0.6 is 22.6 Å². The summed E-state index contributed by atoms with van der Waals surface area (Å²) in [5, 5.41) is 0. The van der Waals surface area contributed by atoms with Gasteiger partial charge in [0.25, 0.3) is 0 Å². The van der Waals surface area contributed by atoms with Crippen LogP contribution in [0, 0.1) is 3.57 Å². The average molecular weight is 426 g/mol. The van der Waals surface area contributed by atoms with Gasteiger partial charge in [-0.1, -0.05) is 0 Å². The number of hydrogen-bond acceptors (Lipinski definition) is 3. The molecule has 0 radical (unpaired) electrons. The zero-order valence-corrected chi connectivity index (χ0v) is 15.6. The maximum Gasteiger partial charge on any atom is 0.119 e. The van der Waals surface area contributed by atoms with E-state index in [0.717, 1.165) is 56.1 Å². The second kappa shape index (κ2) is 10.4. The Morgan fingerprint density at radius 1 is 0.652 bits per heavy atom. The molecule has 0 spiro atoms. The zero-order valence-electron chi connectivity index (χ0n) is 13.5. The molecule has 0 unspecified atom stereocenters. The van der Waals surface area contributed by atoms with Crippen molar-refractivity contribution in [2.45, 2.75) is 25.7 Å². The molecule has 2 aromatic carbocycles. The molecule has 0 N–H and O–H groups in total. The van der Waals surface area contributed by atoms with Crippen LogP contribution in [0.15, 0.2) is 48.5 Å². The third-order valence-corrected chi connectivity index (χ3v) is 4.17. The molecule has 124 valence electrons. The van der Waals surface area contributed by atoms with Gasteiger partial charge in [-0.25, -0.2) is 0 Å². The maximum absolute atomic E-state index is 5.71. The number of methoxy groups -OCH3 is 1. The van der Waals surface area contributed by atoms with Gasteiger partial charge in [0.15, 0.2) is 0 Å². The smallest absolute Gasteiger partial charge is 0.119 e. The summed E-state index contributed by atoms with van der Waals surface area (Å²) in [5.74, 6) is 2.70. The topological polar surface area (TPSA) is 27.7 Å². The summed E-state index contributed by atoms with van der Waals surface area (Å²) in [6.45, 7) is 1.53. The molecule has 0 amide bonds. The van der Waals surface area contributed by atoms with Gasteiger partial charge in [0.1, 0.15) is 17.2 Å². The summed E-state index contributed by atoms with van der Waals surface area (Å²) < 4.78 is 17.8. The van der Waals surface area contributed by atoms with E-state index in [-0.39, 0.29) is 0 Å². The lowest BCUT2D eigenvalue weighted by Gasteiger charge is -2.08. The van der Waals surface area contributed by atoms with Gasteiger partial charge in [0, 0.05) is 3.57 Å². The number of unbranched alkanes of at least 4 members (excludes halogenated alkanes) is 3. The van der Waals surface area contributed by atoms with E-state index in [1.54, 1.807) is 7.11 Å². The van der Waals surface area contributed by atoms with E-state index in [9.17, 15) is 0 Å². The molecule has 0 saturated carbocycles. The number of hydrogen-bond donors (Lipinski definition) is 0. The van der Waals surface area contributed by atoms with Crippen LogP contribution in [0.4, 0.5) is 0 Å². The van der Waals surface area contributed by atoms with Gasteiger partial charge in [-0.15, -0.1) is 0 Å². The lowest BCUT2D eigenvalue weighted by atomic mass is 10.2. The fourth-order valence-corrected chi connectivity index (χ4v) is 2.50. The highest BCUT2D eigenvalue weighted by atomic mass is 127. The minimum Gasteiger partial charge on any atom is -0.497 e. The van der Waals surface area contributed by atoms with Gasteiger partial charge in [-0.05, 0) is 96.8 Å². The van der Waals surface area contributed by atoms with Gasteiger partial charge in [0.2, 0.25) is 0 Å². The first kappa shape index (κ1) is 17.9. The summed E-state index contributed by atoms with van der Waals surface area (Å²) >= 11 is 2.29. The quantitative estimate of drug-likeness (QED) is 0.380. The fraction of sp³-hybridized carbons (Fsp3) is 0.368. The van der Waals surface area contributed by atoms with Crippen molar-refractivity contribution in [3.05, 3.63) is 52.1 Å². The van der Waals surface area contributed by atoms with Crippen LogP contribution in [0.1, 0.15) is 25.7 Å². The normalized spacial score (nSPS) is 10.3. The molecule has 3 nitrogen and oxygen atoms in total. The number of ether oxygens (including phenoxy) is 3. The molecule has 0 aromatic heterocycles. The van der Waals surface area contributed by atoms with Gasteiger partial charge in [0.05, 0.1) is 20.3 Å². The van der Waals surface area contributed by atoms with Crippen molar-refractivity contribution < 1.29 is 14.2 Å². The molecule has 0 aliphatic heterocycles. The molecule has 0 heterocycles. The lowest BCUT2D eigenvalue weighted by Crippen LogP contribution is -2.00. The van der Waals surface area contributed by atoms with E-state index in [4.69, 9.17) is 14.2 Å². The van der Waals surface area contributed by atoms with Crippen LogP contribution in [-0.4, -0.2) is 20.3 Å². The molecule has 0 aliphatic carbocycles. The van der Waals surface area contributed by atoms with Crippen molar-refractivity contribution in [3.8, 4) is 17.2 Å². The molecule has 0 bridgehead atoms. The first-order valence-corrected chi connectivity index (χ1v) is 9.01. The summed E-state index contributed by atoms with van der Waals surface area (Å²) in [5.41, 5.74) is 0. The predicted molar refractivity (Wildman–Crippen MR) is 102 cm³/mol. The summed E-state index contributed by atoms with van der Waals surface area (Å²) in [4.78, 5) is 0. The molecule has 0 saturated heterocycles. The van der Waals surface area contributed by atoms with Gasteiger partial charge >= 0.3 is 0 Å². The molecule has 0 aliphatic rings. The minimum atomic E-state index is 0.754. The summed E-state index contributed by atoms with van der Waals surface area (Å²) in [6, 6.07) is 15.9. The molecule has 23 heavy (non-hydrogen) atoms. The van der Waals surface area contributed by atoms with E-state index in [0.29, 0.717) is 0 Å². The van der Waals surface area contributed by atoms with E-state index in [1.165, 1.54) is 3.57 Å². The van der Waals surface area contributed by atoms with Crippen molar-refractivity contribution in [2.24, 2.45) is 0 Å². The summed E-state index contributed by atoms with van der Waals surface area (Å²) in [6.07, 6.45) is 4.46. The Bertz CT molecular complexity index is 552. The van der Waals surface area contributed by atoms with Crippen LogP contribution in [-0.2, 0) is 0 Å². The van der Waals surface area contributed by atoms with Gasteiger partial charge in [-0.2, -0.15) is 0 Å². The maximum atomic E-state index is 5.71. The zero-order chi connectivity index (χ0) is 16.3. The van der Waals surface area contributed by atoms with Crippen molar-refractivity contribution in [2.75, 3.05) is 20.3 Å². The highest BCUT2D eigenvalue weighted by Gasteiger charge is 1.97. The standard InChI is InChI=1S/C19H23IO3/c1-21-17-10-12-19(13-11-17)23-15-5-3-2-4-14-22-18-8-6-16(20)7-9-18/h6-13H,2-5,14-15H2,1H3. The first-order chi connectivity index (χ1) is 11.3. The number of halogens is 1. The van der Waals surface area contributed by atoms with Crippen molar-refractivity contribution >= 4 is 22.6 Å². The Morgan fingerprint density at radius 3 is 1.57 bits per heavy atom. The van der Waals surface area contributed by atoms with E-state index >= 15 is 0 Å². The van der Waals surface area contributed by atoms with Crippen molar-refractivity contribution in [1.29, 1.82) is 0 Å². The predicted octanol–water partition coefficient (Wildman–Crippen LogP) is 5.32. The summed E-state index contributed by atoms with van der Waals surface area (Å²) in [7, 11) is 1.66. The Labute approximate surface area is 152 Å². The molecule has 2 rings (SSSR count). The van der Waals surface area contributed by atoms with E-state index < -0.39 is 0 Å². The molecule has 4 heteroatoms. The Morgan fingerprint density at radius 2 is 1.09 bits per heavy atom. The fourth-order valence-electron chi connectivity index (χ4n) is 2.14. The SMILES string of the molecule is COc1ccc(OCCCCCCOc2ccc(I)cc2)cc1. The van der Waals surface area contributed by atoms with Crippen LogP contribution in [0.5, 0.6) is 17.2 Å². The second-order valence-corrected chi connectivity index (χ2v) is 6.49. The molecule has 0 atom stereocenters. The monoisotopic (exact) mass is 426 g/mol. The Balaban J connectivity index is 1.48. The lowest BCUT2D eigenvalue weighted by molar-refractivity contribution is 0.287. The van der Waals surface area contributed by atoms with Gasteiger partial charge < -0.3 is 14.2 Å². The third kappa shape index (κ3) is 7.12. The van der Waals surface area contributed by atoms with Crippen molar-refractivity contribution in [1.82, 2.24) is 0 Å². The molecular formula is C19H23IO3. The minimum absolute atomic E-state index is 0.754. The first-order valence-electron chi connectivity index (χ1n) is 7.93. The average Bonchev–Trinajstić information content (AvgIpc) is 2.59. The third-order valence-electron chi connectivity index (χ3n) is 3.45. The van der Waals surface area contributed by atoms with Crippen LogP contribution in [0.2, 0.25) is 0 Å².